The molecule has 0 fully saturated rings. The average Bonchev–Trinajstić information content (AvgIpc) is 2.47. The van der Waals surface area contributed by atoms with Crippen LogP contribution < -0.4 is 0 Å². The van der Waals surface area contributed by atoms with Crippen LogP contribution in [-0.2, 0) is 6.42 Å². The molecule has 2 aromatic rings. The van der Waals surface area contributed by atoms with Crippen LogP contribution in [0.1, 0.15) is 26.3 Å². The van der Waals surface area contributed by atoms with E-state index in [1.54, 1.807) is 0 Å². The van der Waals surface area contributed by atoms with Crippen LogP contribution in [0.25, 0.3) is 11.1 Å². The van der Waals surface area contributed by atoms with Gasteiger partial charge in [-0.2, -0.15) is 0 Å². The SMILES string of the molecule is CC(C)(C)Cc1ccc2ncoc2c1. The van der Waals surface area contributed by atoms with Crippen LogP contribution in [0.2, 0.25) is 0 Å². The van der Waals surface area contributed by atoms with Crippen molar-refractivity contribution >= 4 is 11.1 Å². The van der Waals surface area contributed by atoms with Gasteiger partial charge in [-0.05, 0) is 29.5 Å². The predicted molar refractivity (Wildman–Crippen MR) is 57.2 cm³/mol. The van der Waals surface area contributed by atoms with E-state index in [-0.39, 0.29) is 0 Å². The fourth-order valence-corrected chi connectivity index (χ4v) is 1.62. The van der Waals surface area contributed by atoms with Crippen LogP contribution in [-0.4, -0.2) is 4.98 Å². The quantitative estimate of drug-likeness (QED) is 0.687. The number of rotatable bonds is 1. The van der Waals surface area contributed by atoms with Gasteiger partial charge < -0.3 is 4.42 Å². The molecule has 0 bridgehead atoms. The number of nitrogens with zero attached hydrogens (tertiary/aromatic N) is 1. The molecule has 2 heteroatoms. The van der Waals surface area contributed by atoms with Gasteiger partial charge in [0, 0.05) is 0 Å². The van der Waals surface area contributed by atoms with Gasteiger partial charge in [-0.1, -0.05) is 26.8 Å². The van der Waals surface area contributed by atoms with Gasteiger partial charge in [-0.15, -0.1) is 0 Å². The van der Waals surface area contributed by atoms with Crippen LogP contribution in [0.15, 0.2) is 29.0 Å². The van der Waals surface area contributed by atoms with Crippen LogP contribution in [0.4, 0.5) is 0 Å². The van der Waals surface area contributed by atoms with E-state index in [1.165, 1.54) is 12.0 Å². The molecule has 0 spiro atoms. The van der Waals surface area contributed by atoms with Crippen molar-refractivity contribution in [1.82, 2.24) is 4.98 Å². The maximum Gasteiger partial charge on any atom is 0.181 e. The molecule has 0 amide bonds. The minimum absolute atomic E-state index is 0.313. The molecule has 74 valence electrons. The smallest absolute Gasteiger partial charge is 0.181 e. The highest BCUT2D eigenvalue weighted by molar-refractivity contribution is 5.72. The van der Waals surface area contributed by atoms with Crippen molar-refractivity contribution in [2.45, 2.75) is 27.2 Å². The van der Waals surface area contributed by atoms with Crippen LogP contribution in [0.3, 0.4) is 0 Å². The Labute approximate surface area is 84.0 Å². The summed E-state index contributed by atoms with van der Waals surface area (Å²) in [6, 6.07) is 6.21. The molecule has 0 unspecified atom stereocenters. The molecule has 0 atom stereocenters. The lowest BCUT2D eigenvalue weighted by Crippen LogP contribution is -2.08. The zero-order chi connectivity index (χ0) is 10.2. The third-order valence-electron chi connectivity index (χ3n) is 2.13. The standard InChI is InChI=1S/C12H15NO/c1-12(2,3)7-9-4-5-10-11(6-9)14-8-13-10/h4-6,8H,7H2,1-3H3. The first kappa shape index (κ1) is 9.25. The summed E-state index contributed by atoms with van der Waals surface area (Å²) in [5.41, 5.74) is 3.43. The first-order chi connectivity index (χ1) is 6.54. The lowest BCUT2D eigenvalue weighted by molar-refractivity contribution is 0.411. The van der Waals surface area contributed by atoms with Gasteiger partial charge in [0.1, 0.15) is 5.52 Å². The second kappa shape index (κ2) is 3.12. The molecule has 0 aliphatic heterocycles. The molecule has 2 rings (SSSR count). The maximum absolute atomic E-state index is 5.26. The van der Waals surface area contributed by atoms with Gasteiger partial charge in [-0.3, -0.25) is 0 Å². The Bertz CT molecular complexity index is 437. The van der Waals surface area contributed by atoms with Gasteiger partial charge in [-0.25, -0.2) is 4.98 Å². The van der Waals surface area contributed by atoms with Crippen LogP contribution in [0.5, 0.6) is 0 Å². The Morgan fingerprint density at radius 1 is 1.29 bits per heavy atom. The number of hydrogen-bond donors (Lipinski definition) is 0. The van der Waals surface area contributed by atoms with Gasteiger partial charge >= 0.3 is 0 Å². The zero-order valence-corrected chi connectivity index (χ0v) is 8.87. The number of aromatic nitrogens is 1. The summed E-state index contributed by atoms with van der Waals surface area (Å²) in [6.07, 6.45) is 2.55. The van der Waals surface area contributed by atoms with Crippen molar-refractivity contribution in [2.75, 3.05) is 0 Å². The molecule has 0 saturated carbocycles. The van der Waals surface area contributed by atoms with Gasteiger partial charge in [0.05, 0.1) is 0 Å². The van der Waals surface area contributed by atoms with E-state index in [1.807, 2.05) is 6.07 Å². The molecule has 0 saturated heterocycles. The highest BCUT2D eigenvalue weighted by Gasteiger charge is 2.11. The molecule has 0 N–H and O–H groups in total. The van der Waals surface area contributed by atoms with Gasteiger partial charge in [0.25, 0.3) is 0 Å². The summed E-state index contributed by atoms with van der Waals surface area (Å²) >= 11 is 0. The third-order valence-corrected chi connectivity index (χ3v) is 2.13. The van der Waals surface area contributed by atoms with Crippen molar-refractivity contribution in [3.05, 3.63) is 30.2 Å². The molecule has 1 heterocycles. The Morgan fingerprint density at radius 2 is 2.07 bits per heavy atom. The highest BCUT2D eigenvalue weighted by atomic mass is 16.3. The maximum atomic E-state index is 5.26. The van der Waals surface area contributed by atoms with Crippen LogP contribution >= 0.6 is 0 Å². The number of hydrogen-bond acceptors (Lipinski definition) is 2. The molecule has 0 radical (unpaired) electrons. The summed E-state index contributed by atoms with van der Waals surface area (Å²) in [5, 5.41) is 0. The topological polar surface area (TPSA) is 26.0 Å². The Balaban J connectivity index is 2.35. The fourth-order valence-electron chi connectivity index (χ4n) is 1.62. The average molecular weight is 189 g/mol. The van der Waals surface area contributed by atoms with E-state index in [2.05, 4.69) is 37.9 Å². The van der Waals surface area contributed by atoms with E-state index in [4.69, 9.17) is 4.42 Å². The Kier molecular flexibility index (Phi) is 2.06. The summed E-state index contributed by atoms with van der Waals surface area (Å²) in [4.78, 5) is 4.09. The van der Waals surface area contributed by atoms with E-state index in [0.29, 0.717) is 5.41 Å². The molecule has 0 aliphatic rings. The molecular weight excluding hydrogens is 174 g/mol. The lowest BCUT2D eigenvalue weighted by atomic mass is 9.88. The number of oxazole rings is 1. The monoisotopic (exact) mass is 189 g/mol. The Morgan fingerprint density at radius 3 is 2.79 bits per heavy atom. The zero-order valence-electron chi connectivity index (χ0n) is 8.87. The van der Waals surface area contributed by atoms with Gasteiger partial charge in [0.15, 0.2) is 12.0 Å². The van der Waals surface area contributed by atoms with Crippen molar-refractivity contribution < 1.29 is 4.42 Å². The van der Waals surface area contributed by atoms with E-state index in [9.17, 15) is 0 Å². The molecule has 0 aliphatic carbocycles. The predicted octanol–water partition coefficient (Wildman–Crippen LogP) is 3.42. The summed E-state index contributed by atoms with van der Waals surface area (Å²) in [5.74, 6) is 0. The molecule has 14 heavy (non-hydrogen) atoms. The summed E-state index contributed by atoms with van der Waals surface area (Å²) in [6.45, 7) is 6.70. The van der Waals surface area contributed by atoms with Gasteiger partial charge in [0.2, 0.25) is 0 Å². The fraction of sp³-hybridized carbons (Fsp3) is 0.417. The Hall–Kier alpha value is -1.31. The summed E-state index contributed by atoms with van der Waals surface area (Å²) < 4.78 is 5.26. The molecule has 1 aromatic heterocycles. The first-order valence-electron chi connectivity index (χ1n) is 4.87. The van der Waals surface area contributed by atoms with Crippen molar-refractivity contribution in [3.8, 4) is 0 Å². The minimum atomic E-state index is 0.313. The molecule has 2 nitrogen and oxygen atoms in total. The van der Waals surface area contributed by atoms with E-state index >= 15 is 0 Å². The lowest BCUT2D eigenvalue weighted by Gasteiger charge is -2.17. The molecule has 1 aromatic carbocycles. The third kappa shape index (κ3) is 1.95. The normalized spacial score (nSPS) is 12.2. The van der Waals surface area contributed by atoms with E-state index in [0.717, 1.165) is 17.5 Å². The molecular formula is C12H15NO. The second-order valence-corrected chi connectivity index (χ2v) is 4.89. The minimum Gasteiger partial charge on any atom is -0.443 e. The number of fused-ring (bicyclic) bond motifs is 1. The van der Waals surface area contributed by atoms with Crippen LogP contribution in [0, 0.1) is 5.41 Å². The van der Waals surface area contributed by atoms with Crippen molar-refractivity contribution in [2.24, 2.45) is 5.41 Å². The largest absolute Gasteiger partial charge is 0.443 e. The second-order valence-electron chi connectivity index (χ2n) is 4.89. The van der Waals surface area contributed by atoms with Crippen molar-refractivity contribution in [3.63, 3.8) is 0 Å². The van der Waals surface area contributed by atoms with E-state index < -0.39 is 0 Å². The first-order valence-corrected chi connectivity index (χ1v) is 4.87. The number of benzene rings is 1. The highest BCUT2D eigenvalue weighted by Crippen LogP contribution is 2.23. The summed E-state index contributed by atoms with van der Waals surface area (Å²) in [7, 11) is 0. The van der Waals surface area contributed by atoms with Crippen molar-refractivity contribution in [1.29, 1.82) is 0 Å².